The van der Waals surface area contributed by atoms with E-state index in [0.29, 0.717) is 11.3 Å². The van der Waals surface area contributed by atoms with Crippen LogP contribution in [0.1, 0.15) is 10.4 Å². The molecule has 86 valence electrons. The van der Waals surface area contributed by atoms with Gasteiger partial charge in [0, 0.05) is 16.8 Å². The van der Waals surface area contributed by atoms with Crippen molar-refractivity contribution in [3.05, 3.63) is 52.9 Å². The molecule has 0 aliphatic carbocycles. The molecule has 0 spiro atoms. The molecule has 0 saturated heterocycles. The van der Waals surface area contributed by atoms with Crippen LogP contribution in [-0.4, -0.2) is 16.1 Å². The predicted octanol–water partition coefficient (Wildman–Crippen LogP) is 3.24. The van der Waals surface area contributed by atoms with Crippen molar-refractivity contribution in [2.45, 2.75) is 0 Å². The molecule has 0 atom stereocenters. The van der Waals surface area contributed by atoms with E-state index >= 15 is 0 Å². The van der Waals surface area contributed by atoms with Gasteiger partial charge in [0.05, 0.1) is 11.3 Å². The standard InChI is InChI=1S/C12H7ClFNO2/c13-9-3-8(4-10(14)5-9)11-2-1-7(6-15-11)12(16)17/h1-6H,(H,16,17). The van der Waals surface area contributed by atoms with Gasteiger partial charge in [0.15, 0.2) is 0 Å². The van der Waals surface area contributed by atoms with E-state index in [-0.39, 0.29) is 10.6 Å². The monoisotopic (exact) mass is 251 g/mol. The molecule has 1 aromatic heterocycles. The van der Waals surface area contributed by atoms with Crippen LogP contribution >= 0.6 is 11.6 Å². The van der Waals surface area contributed by atoms with E-state index in [4.69, 9.17) is 16.7 Å². The number of carboxylic acid groups (broad SMARTS) is 1. The number of benzene rings is 1. The fraction of sp³-hybridized carbons (Fsp3) is 0. The van der Waals surface area contributed by atoms with E-state index in [1.54, 1.807) is 6.07 Å². The third-order valence-corrected chi connectivity index (χ3v) is 2.39. The van der Waals surface area contributed by atoms with Crippen molar-refractivity contribution >= 4 is 17.6 Å². The Hall–Kier alpha value is -1.94. The molecule has 1 N–H and O–H groups in total. The molecule has 3 nitrogen and oxygen atoms in total. The van der Waals surface area contributed by atoms with Crippen molar-refractivity contribution in [3.63, 3.8) is 0 Å². The predicted molar refractivity (Wildman–Crippen MR) is 61.6 cm³/mol. The number of carbonyl (C=O) groups is 1. The summed E-state index contributed by atoms with van der Waals surface area (Å²) in [6.07, 6.45) is 1.22. The van der Waals surface area contributed by atoms with Crippen LogP contribution in [0.5, 0.6) is 0 Å². The molecule has 0 fully saturated rings. The summed E-state index contributed by atoms with van der Waals surface area (Å²) in [6, 6.07) is 6.96. The van der Waals surface area contributed by atoms with Crippen LogP contribution in [0.15, 0.2) is 36.5 Å². The van der Waals surface area contributed by atoms with E-state index in [1.165, 1.54) is 30.5 Å². The van der Waals surface area contributed by atoms with Gasteiger partial charge in [0.1, 0.15) is 5.82 Å². The SMILES string of the molecule is O=C(O)c1ccc(-c2cc(F)cc(Cl)c2)nc1. The summed E-state index contributed by atoms with van der Waals surface area (Å²) in [5, 5.41) is 8.98. The van der Waals surface area contributed by atoms with Crippen LogP contribution in [0.2, 0.25) is 5.02 Å². The maximum atomic E-state index is 13.1. The lowest BCUT2D eigenvalue weighted by Gasteiger charge is -2.02. The highest BCUT2D eigenvalue weighted by Crippen LogP contribution is 2.22. The number of carboxylic acids is 1. The molecule has 0 aliphatic heterocycles. The number of halogens is 2. The topological polar surface area (TPSA) is 50.2 Å². The lowest BCUT2D eigenvalue weighted by molar-refractivity contribution is 0.0696. The Morgan fingerprint density at radius 2 is 2.06 bits per heavy atom. The number of hydrogen-bond acceptors (Lipinski definition) is 2. The highest BCUT2D eigenvalue weighted by molar-refractivity contribution is 6.30. The number of aromatic carboxylic acids is 1. The van der Waals surface area contributed by atoms with Crippen molar-refractivity contribution in [1.29, 1.82) is 0 Å². The molecule has 2 rings (SSSR count). The molecule has 5 heteroatoms. The minimum absolute atomic E-state index is 0.0799. The Kier molecular flexibility index (Phi) is 3.06. The number of rotatable bonds is 2. The lowest BCUT2D eigenvalue weighted by Crippen LogP contribution is -1.97. The molecule has 2 aromatic rings. The largest absolute Gasteiger partial charge is 0.478 e. The number of aromatic nitrogens is 1. The van der Waals surface area contributed by atoms with Gasteiger partial charge in [0.2, 0.25) is 0 Å². The summed E-state index contributed by atoms with van der Waals surface area (Å²) in [5.74, 6) is -1.52. The van der Waals surface area contributed by atoms with Crippen LogP contribution in [0.25, 0.3) is 11.3 Å². The van der Waals surface area contributed by atoms with Crippen molar-refractivity contribution in [2.24, 2.45) is 0 Å². The lowest BCUT2D eigenvalue weighted by atomic mass is 10.1. The second kappa shape index (κ2) is 4.51. The molecular weight excluding hydrogens is 245 g/mol. The molecule has 0 aliphatic rings. The first-order chi connectivity index (χ1) is 8.06. The van der Waals surface area contributed by atoms with Crippen LogP contribution < -0.4 is 0 Å². The van der Waals surface area contributed by atoms with Gasteiger partial charge >= 0.3 is 5.97 Å². The van der Waals surface area contributed by atoms with Crippen LogP contribution in [-0.2, 0) is 0 Å². The molecule has 17 heavy (non-hydrogen) atoms. The molecular formula is C12H7ClFNO2. The second-order valence-corrected chi connectivity index (χ2v) is 3.83. The van der Waals surface area contributed by atoms with E-state index in [0.717, 1.165) is 0 Å². The second-order valence-electron chi connectivity index (χ2n) is 3.40. The highest BCUT2D eigenvalue weighted by atomic mass is 35.5. The van der Waals surface area contributed by atoms with Gasteiger partial charge in [-0.25, -0.2) is 9.18 Å². The first-order valence-corrected chi connectivity index (χ1v) is 5.10. The van der Waals surface area contributed by atoms with Crippen LogP contribution in [0.3, 0.4) is 0 Å². The van der Waals surface area contributed by atoms with Crippen molar-refractivity contribution in [3.8, 4) is 11.3 Å². The molecule has 0 saturated carbocycles. The van der Waals surface area contributed by atoms with Crippen LogP contribution in [0.4, 0.5) is 4.39 Å². The maximum absolute atomic E-state index is 13.1. The van der Waals surface area contributed by atoms with Gasteiger partial charge < -0.3 is 5.11 Å². The minimum atomic E-state index is -1.05. The molecule has 0 amide bonds. The van der Waals surface area contributed by atoms with E-state index in [9.17, 15) is 9.18 Å². The van der Waals surface area contributed by atoms with E-state index in [2.05, 4.69) is 4.98 Å². The fourth-order valence-corrected chi connectivity index (χ4v) is 1.61. The number of nitrogens with zero attached hydrogens (tertiary/aromatic N) is 1. The first-order valence-electron chi connectivity index (χ1n) is 4.72. The summed E-state index contributed by atoms with van der Waals surface area (Å²) in [5.41, 5.74) is 1.06. The zero-order chi connectivity index (χ0) is 12.4. The van der Waals surface area contributed by atoms with Gasteiger partial charge in [-0.2, -0.15) is 0 Å². The Labute approximate surface area is 101 Å². The highest BCUT2D eigenvalue weighted by Gasteiger charge is 2.06. The smallest absolute Gasteiger partial charge is 0.337 e. The summed E-state index contributed by atoms with van der Waals surface area (Å²) >= 11 is 5.72. The Bertz CT molecular complexity index is 549. The average molecular weight is 252 g/mol. The fourth-order valence-electron chi connectivity index (χ4n) is 1.39. The third kappa shape index (κ3) is 2.60. The quantitative estimate of drug-likeness (QED) is 0.891. The maximum Gasteiger partial charge on any atom is 0.337 e. The van der Waals surface area contributed by atoms with Gasteiger partial charge in [0.25, 0.3) is 0 Å². The van der Waals surface area contributed by atoms with Crippen molar-refractivity contribution in [2.75, 3.05) is 0 Å². The third-order valence-electron chi connectivity index (χ3n) is 2.17. The number of hydrogen-bond donors (Lipinski definition) is 1. The van der Waals surface area contributed by atoms with Gasteiger partial charge in [-0.15, -0.1) is 0 Å². The average Bonchev–Trinajstić information content (AvgIpc) is 2.28. The molecule has 0 unspecified atom stereocenters. The molecule has 1 aromatic carbocycles. The van der Waals surface area contributed by atoms with Crippen molar-refractivity contribution < 1.29 is 14.3 Å². The van der Waals surface area contributed by atoms with E-state index in [1.807, 2.05) is 0 Å². The summed E-state index contributed by atoms with van der Waals surface area (Å²) < 4.78 is 13.1. The van der Waals surface area contributed by atoms with Gasteiger partial charge in [-0.3, -0.25) is 4.98 Å². The Morgan fingerprint density at radius 1 is 1.29 bits per heavy atom. The minimum Gasteiger partial charge on any atom is -0.478 e. The van der Waals surface area contributed by atoms with E-state index < -0.39 is 11.8 Å². The first kappa shape index (κ1) is 11.5. The molecule has 1 heterocycles. The van der Waals surface area contributed by atoms with Gasteiger partial charge in [-0.05, 0) is 30.3 Å². The molecule has 0 radical (unpaired) electrons. The Balaban J connectivity index is 2.43. The Morgan fingerprint density at radius 3 is 2.59 bits per heavy atom. The number of pyridine rings is 1. The normalized spacial score (nSPS) is 10.2. The van der Waals surface area contributed by atoms with Gasteiger partial charge in [-0.1, -0.05) is 11.6 Å². The zero-order valence-corrected chi connectivity index (χ0v) is 9.28. The summed E-state index contributed by atoms with van der Waals surface area (Å²) in [7, 11) is 0. The summed E-state index contributed by atoms with van der Waals surface area (Å²) in [4.78, 5) is 14.6. The van der Waals surface area contributed by atoms with Crippen molar-refractivity contribution in [1.82, 2.24) is 4.98 Å². The zero-order valence-electron chi connectivity index (χ0n) is 8.52. The molecule has 0 bridgehead atoms. The summed E-state index contributed by atoms with van der Waals surface area (Å²) in [6.45, 7) is 0. The van der Waals surface area contributed by atoms with Crippen LogP contribution in [0, 0.1) is 5.82 Å².